The molecule has 1 atom stereocenters. The Morgan fingerprint density at radius 2 is 1.55 bits per heavy atom. The average molecular weight is 605 g/mol. The largest absolute Gasteiger partial charge is 0.354 e. The van der Waals surface area contributed by atoms with Gasteiger partial charge in [0.05, 0.1) is 10.6 Å². The third-order valence-corrected chi connectivity index (χ3v) is 8.65. The highest BCUT2D eigenvalue weighted by atomic mass is 35.5. The van der Waals surface area contributed by atoms with E-state index in [1.807, 2.05) is 20.8 Å². The number of halogens is 2. The summed E-state index contributed by atoms with van der Waals surface area (Å²) in [6.07, 6.45) is 0.338. The summed E-state index contributed by atoms with van der Waals surface area (Å²) in [6.45, 7) is 7.56. The van der Waals surface area contributed by atoms with E-state index in [9.17, 15) is 18.0 Å². The highest BCUT2D eigenvalue weighted by Crippen LogP contribution is 2.30. The maximum atomic E-state index is 14.1. The van der Waals surface area contributed by atoms with E-state index in [1.54, 1.807) is 61.5 Å². The standard InChI is InChI=1S/C30H35Cl2N3O4S/c1-5-27(30(37)33-18-21(2)3)34(19-23-12-15-24(31)16-13-23)29(36)20-35(28-17-25(32)14-11-22(28)4)40(38,39)26-9-7-6-8-10-26/h6-17,21,27H,5,18-20H2,1-4H3,(H,33,37)/t27-/m1/s1. The van der Waals surface area contributed by atoms with E-state index >= 15 is 0 Å². The minimum absolute atomic E-state index is 0.0353. The van der Waals surface area contributed by atoms with Crippen molar-refractivity contribution in [3.05, 3.63) is 94.0 Å². The molecule has 0 bridgehead atoms. The molecule has 3 aromatic rings. The van der Waals surface area contributed by atoms with Crippen molar-refractivity contribution in [3.63, 3.8) is 0 Å². The lowest BCUT2D eigenvalue weighted by Gasteiger charge is -2.33. The first-order valence-corrected chi connectivity index (χ1v) is 15.3. The molecule has 10 heteroatoms. The van der Waals surface area contributed by atoms with Crippen molar-refractivity contribution >= 4 is 50.7 Å². The van der Waals surface area contributed by atoms with Crippen molar-refractivity contribution in [2.24, 2.45) is 5.92 Å². The van der Waals surface area contributed by atoms with Gasteiger partial charge in [-0.1, -0.05) is 80.4 Å². The second kappa shape index (κ2) is 14.0. The molecule has 3 rings (SSSR count). The molecule has 0 saturated heterocycles. The van der Waals surface area contributed by atoms with Crippen molar-refractivity contribution in [2.75, 3.05) is 17.4 Å². The summed E-state index contributed by atoms with van der Waals surface area (Å²) >= 11 is 12.3. The fraction of sp³-hybridized carbons (Fsp3) is 0.333. The number of amides is 2. The van der Waals surface area contributed by atoms with Crippen LogP contribution in [0.2, 0.25) is 10.0 Å². The van der Waals surface area contributed by atoms with E-state index in [1.165, 1.54) is 23.1 Å². The van der Waals surface area contributed by atoms with Gasteiger partial charge in [0.2, 0.25) is 11.8 Å². The fourth-order valence-electron chi connectivity index (χ4n) is 4.21. The molecule has 0 aliphatic carbocycles. The lowest BCUT2D eigenvalue weighted by molar-refractivity contribution is -0.140. The molecule has 3 aromatic carbocycles. The zero-order valence-electron chi connectivity index (χ0n) is 23.1. The number of hydrogen-bond acceptors (Lipinski definition) is 4. The van der Waals surface area contributed by atoms with Gasteiger partial charge in [-0.05, 0) is 66.8 Å². The number of hydrogen-bond donors (Lipinski definition) is 1. The van der Waals surface area contributed by atoms with Crippen molar-refractivity contribution in [3.8, 4) is 0 Å². The molecule has 40 heavy (non-hydrogen) atoms. The second-order valence-electron chi connectivity index (χ2n) is 9.97. The van der Waals surface area contributed by atoms with E-state index in [0.717, 1.165) is 9.87 Å². The van der Waals surface area contributed by atoms with E-state index in [-0.39, 0.29) is 29.0 Å². The number of nitrogens with one attached hydrogen (secondary N) is 1. The van der Waals surface area contributed by atoms with Crippen LogP contribution in [0.5, 0.6) is 0 Å². The van der Waals surface area contributed by atoms with Crippen LogP contribution in [0.1, 0.15) is 38.3 Å². The lowest BCUT2D eigenvalue weighted by Crippen LogP contribution is -2.52. The number of anilines is 1. The Kier molecular flexibility index (Phi) is 11.0. The second-order valence-corrected chi connectivity index (χ2v) is 12.7. The van der Waals surface area contributed by atoms with E-state index < -0.39 is 28.5 Å². The van der Waals surface area contributed by atoms with Crippen LogP contribution < -0.4 is 9.62 Å². The lowest BCUT2D eigenvalue weighted by atomic mass is 10.1. The third-order valence-electron chi connectivity index (χ3n) is 6.39. The summed E-state index contributed by atoms with van der Waals surface area (Å²) in [5.41, 5.74) is 1.67. The molecular weight excluding hydrogens is 569 g/mol. The monoisotopic (exact) mass is 603 g/mol. The van der Waals surface area contributed by atoms with Crippen LogP contribution in [0.3, 0.4) is 0 Å². The van der Waals surface area contributed by atoms with Crippen LogP contribution in [-0.2, 0) is 26.2 Å². The zero-order valence-corrected chi connectivity index (χ0v) is 25.4. The van der Waals surface area contributed by atoms with Gasteiger partial charge in [0.25, 0.3) is 10.0 Å². The number of carbonyl (C=O) groups excluding carboxylic acids is 2. The number of rotatable bonds is 12. The summed E-state index contributed by atoms with van der Waals surface area (Å²) in [4.78, 5) is 28.8. The predicted octanol–water partition coefficient (Wildman–Crippen LogP) is 6.08. The van der Waals surface area contributed by atoms with Gasteiger partial charge in [0.15, 0.2) is 0 Å². The van der Waals surface area contributed by atoms with Crippen LogP contribution in [0.25, 0.3) is 0 Å². The molecule has 0 heterocycles. The summed E-state index contributed by atoms with van der Waals surface area (Å²) in [6, 6.07) is 19.0. The number of carbonyl (C=O) groups is 2. The van der Waals surface area contributed by atoms with Crippen LogP contribution >= 0.6 is 23.2 Å². The van der Waals surface area contributed by atoms with Crippen LogP contribution in [0.15, 0.2) is 77.7 Å². The molecule has 7 nitrogen and oxygen atoms in total. The average Bonchev–Trinajstić information content (AvgIpc) is 2.93. The minimum atomic E-state index is -4.17. The molecule has 0 aliphatic heterocycles. The Morgan fingerprint density at radius 3 is 2.15 bits per heavy atom. The van der Waals surface area contributed by atoms with E-state index in [0.29, 0.717) is 28.6 Å². The smallest absolute Gasteiger partial charge is 0.264 e. The fourth-order valence-corrected chi connectivity index (χ4v) is 6.00. The van der Waals surface area contributed by atoms with Crippen LogP contribution in [-0.4, -0.2) is 44.3 Å². The first-order valence-electron chi connectivity index (χ1n) is 13.1. The van der Waals surface area contributed by atoms with E-state index in [4.69, 9.17) is 23.2 Å². The zero-order chi connectivity index (χ0) is 29.4. The number of sulfonamides is 1. The molecular formula is C30H35Cl2N3O4S. The Balaban J connectivity index is 2.07. The van der Waals surface area contributed by atoms with Gasteiger partial charge in [0.1, 0.15) is 12.6 Å². The maximum absolute atomic E-state index is 14.1. The molecule has 2 amide bonds. The van der Waals surface area contributed by atoms with Gasteiger partial charge in [-0.3, -0.25) is 13.9 Å². The van der Waals surface area contributed by atoms with Crippen molar-refractivity contribution in [2.45, 2.75) is 51.6 Å². The van der Waals surface area contributed by atoms with Crippen molar-refractivity contribution in [1.82, 2.24) is 10.2 Å². The van der Waals surface area contributed by atoms with Gasteiger partial charge in [-0.15, -0.1) is 0 Å². The first kappa shape index (κ1) is 31.5. The normalized spacial score (nSPS) is 12.2. The molecule has 0 unspecified atom stereocenters. The SMILES string of the molecule is CC[C@H](C(=O)NCC(C)C)N(Cc1ccc(Cl)cc1)C(=O)CN(c1cc(Cl)ccc1C)S(=O)(=O)c1ccccc1. The molecule has 0 fully saturated rings. The van der Waals surface area contributed by atoms with Gasteiger partial charge >= 0.3 is 0 Å². The number of aryl methyl sites for hydroxylation is 1. The molecule has 0 radical (unpaired) electrons. The van der Waals surface area contributed by atoms with Gasteiger partial charge in [0, 0.05) is 23.1 Å². The molecule has 0 saturated carbocycles. The van der Waals surface area contributed by atoms with Crippen molar-refractivity contribution < 1.29 is 18.0 Å². The van der Waals surface area contributed by atoms with E-state index in [2.05, 4.69) is 5.32 Å². The van der Waals surface area contributed by atoms with Crippen molar-refractivity contribution in [1.29, 1.82) is 0 Å². The summed E-state index contributed by atoms with van der Waals surface area (Å²) < 4.78 is 28.9. The van der Waals surface area contributed by atoms with Gasteiger partial charge in [-0.2, -0.15) is 0 Å². The molecule has 1 N–H and O–H groups in total. The Bertz CT molecular complexity index is 1410. The molecule has 214 valence electrons. The highest BCUT2D eigenvalue weighted by Gasteiger charge is 2.34. The highest BCUT2D eigenvalue weighted by molar-refractivity contribution is 7.92. The summed E-state index contributed by atoms with van der Waals surface area (Å²) in [5, 5.41) is 3.79. The Morgan fingerprint density at radius 1 is 0.925 bits per heavy atom. The Labute approximate surface area is 247 Å². The predicted molar refractivity (Wildman–Crippen MR) is 161 cm³/mol. The first-order chi connectivity index (χ1) is 18.9. The molecule has 0 spiro atoms. The topological polar surface area (TPSA) is 86.8 Å². The molecule has 0 aromatic heterocycles. The Hall–Kier alpha value is -3.07. The number of nitrogens with zero attached hydrogens (tertiary/aromatic N) is 2. The number of benzene rings is 3. The van der Waals surface area contributed by atoms with Gasteiger partial charge in [-0.25, -0.2) is 8.42 Å². The quantitative estimate of drug-likeness (QED) is 0.272. The minimum Gasteiger partial charge on any atom is -0.354 e. The van der Waals surface area contributed by atoms with Crippen LogP contribution in [0, 0.1) is 12.8 Å². The van der Waals surface area contributed by atoms with Gasteiger partial charge < -0.3 is 10.2 Å². The maximum Gasteiger partial charge on any atom is 0.264 e. The molecule has 0 aliphatic rings. The summed E-state index contributed by atoms with van der Waals surface area (Å²) in [7, 11) is -4.17. The third kappa shape index (κ3) is 7.99. The summed E-state index contributed by atoms with van der Waals surface area (Å²) in [5.74, 6) is -0.602. The van der Waals surface area contributed by atoms with Crippen LogP contribution in [0.4, 0.5) is 5.69 Å².